The molecule has 2 N–H and O–H groups in total. The second kappa shape index (κ2) is 9.46. The molecule has 1 atom stereocenters. The van der Waals surface area contributed by atoms with Gasteiger partial charge in [0.2, 0.25) is 0 Å². The van der Waals surface area contributed by atoms with Gasteiger partial charge in [0, 0.05) is 13.0 Å². The molecule has 2 aromatic rings. The minimum atomic E-state index is -0.886. The molecule has 0 saturated carbocycles. The number of benzene rings is 2. The molecule has 2 aromatic carbocycles. The Morgan fingerprint density at radius 3 is 2.31 bits per heavy atom. The van der Waals surface area contributed by atoms with Gasteiger partial charge in [-0.25, -0.2) is 0 Å². The predicted molar refractivity (Wildman–Crippen MR) is 97.9 cm³/mol. The lowest BCUT2D eigenvalue weighted by molar-refractivity contribution is -0.137. The van der Waals surface area contributed by atoms with Crippen LogP contribution in [0.3, 0.4) is 0 Å². The minimum absolute atomic E-state index is 0.000158. The van der Waals surface area contributed by atoms with E-state index in [-0.39, 0.29) is 24.8 Å². The largest absolute Gasteiger partial charge is 0.490 e. The Morgan fingerprint density at radius 1 is 1.04 bits per heavy atom. The first-order valence-electron chi connectivity index (χ1n) is 8.50. The van der Waals surface area contributed by atoms with Crippen LogP contribution in [0, 0.1) is 5.92 Å². The van der Waals surface area contributed by atoms with Gasteiger partial charge >= 0.3 is 5.97 Å². The Labute approximate surface area is 152 Å². The van der Waals surface area contributed by atoms with E-state index in [1.807, 2.05) is 19.1 Å². The number of carbonyl (C=O) groups excluding carboxylic acids is 1. The monoisotopic (exact) mass is 357 g/mol. The summed E-state index contributed by atoms with van der Waals surface area (Å²) < 4.78 is 11.5. The fraction of sp³-hybridized carbons (Fsp3) is 0.300. The topological polar surface area (TPSA) is 84.9 Å². The molecule has 6 nitrogen and oxygen atoms in total. The molecular weight excluding hydrogens is 334 g/mol. The molecule has 0 aliphatic rings. The SMILES string of the molecule is CCOc1ccccc1Oc1ccccc1C(=O)NCC(C)CC(=O)O. The molecule has 0 aliphatic heterocycles. The van der Waals surface area contributed by atoms with Crippen LogP contribution in [0.4, 0.5) is 0 Å². The van der Waals surface area contributed by atoms with Crippen LogP contribution in [-0.4, -0.2) is 30.1 Å². The average molecular weight is 357 g/mol. The molecule has 2 rings (SSSR count). The van der Waals surface area contributed by atoms with Crippen molar-refractivity contribution in [1.29, 1.82) is 0 Å². The van der Waals surface area contributed by atoms with E-state index in [2.05, 4.69) is 5.32 Å². The molecule has 0 spiro atoms. The molecule has 1 amide bonds. The van der Waals surface area contributed by atoms with Crippen molar-refractivity contribution in [3.63, 3.8) is 0 Å². The molecular formula is C20H23NO5. The van der Waals surface area contributed by atoms with E-state index < -0.39 is 5.97 Å². The van der Waals surface area contributed by atoms with Gasteiger partial charge in [-0.15, -0.1) is 0 Å². The third-order valence-corrected chi connectivity index (χ3v) is 3.63. The molecule has 0 heterocycles. The van der Waals surface area contributed by atoms with Crippen LogP contribution >= 0.6 is 0 Å². The Morgan fingerprint density at radius 2 is 1.65 bits per heavy atom. The Balaban J connectivity index is 2.12. The third kappa shape index (κ3) is 5.51. The highest BCUT2D eigenvalue weighted by Crippen LogP contribution is 2.32. The molecule has 0 aromatic heterocycles. The second-order valence-electron chi connectivity index (χ2n) is 5.89. The smallest absolute Gasteiger partial charge is 0.303 e. The highest BCUT2D eigenvalue weighted by Gasteiger charge is 2.16. The van der Waals surface area contributed by atoms with Crippen molar-refractivity contribution < 1.29 is 24.2 Å². The summed E-state index contributed by atoms with van der Waals surface area (Å²) >= 11 is 0. The molecule has 0 fully saturated rings. The van der Waals surface area contributed by atoms with Crippen LogP contribution < -0.4 is 14.8 Å². The van der Waals surface area contributed by atoms with E-state index in [1.54, 1.807) is 43.3 Å². The minimum Gasteiger partial charge on any atom is -0.490 e. The maximum atomic E-state index is 12.5. The van der Waals surface area contributed by atoms with Crippen molar-refractivity contribution in [2.45, 2.75) is 20.3 Å². The number of para-hydroxylation sites is 3. The zero-order valence-electron chi connectivity index (χ0n) is 14.9. The number of carboxylic acids is 1. The fourth-order valence-electron chi connectivity index (χ4n) is 2.40. The van der Waals surface area contributed by atoms with Crippen molar-refractivity contribution in [3.05, 3.63) is 54.1 Å². The number of hydrogen-bond acceptors (Lipinski definition) is 4. The number of carbonyl (C=O) groups is 2. The Hall–Kier alpha value is -3.02. The van der Waals surface area contributed by atoms with E-state index in [0.29, 0.717) is 29.4 Å². The van der Waals surface area contributed by atoms with Crippen molar-refractivity contribution in [1.82, 2.24) is 5.32 Å². The number of carboxylic acid groups (broad SMARTS) is 1. The molecule has 0 aliphatic carbocycles. The van der Waals surface area contributed by atoms with Gasteiger partial charge in [0.15, 0.2) is 11.5 Å². The lowest BCUT2D eigenvalue weighted by atomic mass is 10.1. The summed E-state index contributed by atoms with van der Waals surface area (Å²) in [4.78, 5) is 23.2. The van der Waals surface area contributed by atoms with Crippen molar-refractivity contribution in [2.24, 2.45) is 5.92 Å². The van der Waals surface area contributed by atoms with Gasteiger partial charge in [-0.3, -0.25) is 9.59 Å². The van der Waals surface area contributed by atoms with E-state index in [4.69, 9.17) is 14.6 Å². The van der Waals surface area contributed by atoms with Crippen molar-refractivity contribution in [3.8, 4) is 17.2 Å². The van der Waals surface area contributed by atoms with Crippen LogP contribution in [-0.2, 0) is 4.79 Å². The second-order valence-corrected chi connectivity index (χ2v) is 5.89. The van der Waals surface area contributed by atoms with Crippen LogP contribution in [0.15, 0.2) is 48.5 Å². The highest BCUT2D eigenvalue weighted by atomic mass is 16.5. The fourth-order valence-corrected chi connectivity index (χ4v) is 2.40. The summed E-state index contributed by atoms with van der Waals surface area (Å²) in [6.45, 7) is 4.44. The molecule has 26 heavy (non-hydrogen) atoms. The molecule has 0 radical (unpaired) electrons. The van der Waals surface area contributed by atoms with E-state index in [1.165, 1.54) is 0 Å². The van der Waals surface area contributed by atoms with Gasteiger partial charge in [0.05, 0.1) is 12.2 Å². The average Bonchev–Trinajstić information content (AvgIpc) is 2.61. The number of aliphatic carboxylic acids is 1. The van der Waals surface area contributed by atoms with Gasteiger partial charge in [-0.05, 0) is 37.1 Å². The quantitative estimate of drug-likeness (QED) is 0.714. The number of rotatable bonds is 9. The van der Waals surface area contributed by atoms with Crippen LogP contribution in [0.5, 0.6) is 17.2 Å². The Bertz CT molecular complexity index is 759. The summed E-state index contributed by atoms with van der Waals surface area (Å²) in [5, 5.41) is 11.6. The molecule has 0 bridgehead atoms. The zero-order chi connectivity index (χ0) is 18.9. The predicted octanol–water partition coefficient (Wildman–Crippen LogP) is 3.72. The molecule has 1 unspecified atom stereocenters. The van der Waals surface area contributed by atoms with Gasteiger partial charge < -0.3 is 19.9 Å². The Kier molecular flexibility index (Phi) is 7.02. The maximum Gasteiger partial charge on any atom is 0.303 e. The van der Waals surface area contributed by atoms with Gasteiger partial charge in [0.1, 0.15) is 5.75 Å². The summed E-state index contributed by atoms with van der Waals surface area (Å²) in [7, 11) is 0. The lowest BCUT2D eigenvalue weighted by Gasteiger charge is -2.15. The van der Waals surface area contributed by atoms with Gasteiger partial charge in [0.25, 0.3) is 5.91 Å². The van der Waals surface area contributed by atoms with Crippen LogP contribution in [0.25, 0.3) is 0 Å². The molecule has 138 valence electrons. The lowest BCUT2D eigenvalue weighted by Crippen LogP contribution is -2.29. The molecule has 6 heteroatoms. The number of hydrogen-bond donors (Lipinski definition) is 2. The van der Waals surface area contributed by atoms with E-state index in [9.17, 15) is 9.59 Å². The van der Waals surface area contributed by atoms with E-state index in [0.717, 1.165) is 0 Å². The summed E-state index contributed by atoms with van der Waals surface area (Å²) in [5.41, 5.74) is 0.376. The highest BCUT2D eigenvalue weighted by molar-refractivity contribution is 5.97. The first kappa shape index (κ1) is 19.3. The van der Waals surface area contributed by atoms with Crippen molar-refractivity contribution in [2.75, 3.05) is 13.2 Å². The molecule has 0 saturated heterocycles. The van der Waals surface area contributed by atoms with E-state index >= 15 is 0 Å². The van der Waals surface area contributed by atoms with Crippen molar-refractivity contribution >= 4 is 11.9 Å². The normalized spacial score (nSPS) is 11.5. The number of amides is 1. The first-order valence-corrected chi connectivity index (χ1v) is 8.50. The van der Waals surface area contributed by atoms with Crippen LogP contribution in [0.1, 0.15) is 30.6 Å². The first-order chi connectivity index (χ1) is 12.5. The number of nitrogens with one attached hydrogen (secondary N) is 1. The third-order valence-electron chi connectivity index (χ3n) is 3.63. The maximum absolute atomic E-state index is 12.5. The number of ether oxygens (including phenoxy) is 2. The van der Waals surface area contributed by atoms with Crippen LogP contribution in [0.2, 0.25) is 0 Å². The summed E-state index contributed by atoms with van der Waals surface area (Å²) in [6.07, 6.45) is 0.000158. The van der Waals surface area contributed by atoms with Gasteiger partial charge in [-0.1, -0.05) is 31.2 Å². The van der Waals surface area contributed by atoms with Gasteiger partial charge in [-0.2, -0.15) is 0 Å². The standard InChI is InChI=1S/C20H23NO5/c1-3-25-17-10-6-7-11-18(17)26-16-9-5-4-8-15(16)20(24)21-13-14(2)12-19(22)23/h4-11,14H,3,12-13H2,1-2H3,(H,21,24)(H,22,23). The summed E-state index contributed by atoms with van der Waals surface area (Å²) in [5.74, 6) is 0.162. The zero-order valence-corrected chi connectivity index (χ0v) is 14.9. The summed E-state index contributed by atoms with van der Waals surface area (Å²) in [6, 6.07) is 14.1.